The Bertz CT molecular complexity index is 482. The average Bonchev–Trinajstić information content (AvgIpc) is 2.33. The van der Waals surface area contributed by atoms with Crippen LogP contribution in [0.25, 0.3) is 0 Å². The molecule has 0 spiro atoms. The van der Waals surface area contributed by atoms with Crippen LogP contribution < -0.4 is 0 Å². The molecule has 0 saturated carbocycles. The molecule has 1 atom stereocenters. The van der Waals surface area contributed by atoms with Crippen LogP contribution in [0.5, 0.6) is 0 Å². The Kier molecular flexibility index (Phi) is 3.44. The topological polar surface area (TPSA) is 46.0 Å². The monoisotopic (exact) mass is 232 g/mol. The highest BCUT2D eigenvalue weighted by atomic mass is 19.1. The molecule has 0 fully saturated rings. The molecule has 4 heteroatoms. The second-order valence-electron chi connectivity index (χ2n) is 3.97. The van der Waals surface area contributed by atoms with Crippen LogP contribution in [-0.4, -0.2) is 15.1 Å². The van der Waals surface area contributed by atoms with Gasteiger partial charge < -0.3 is 5.11 Å². The van der Waals surface area contributed by atoms with Crippen molar-refractivity contribution in [2.75, 3.05) is 0 Å². The van der Waals surface area contributed by atoms with Gasteiger partial charge in [0.15, 0.2) is 5.82 Å². The van der Waals surface area contributed by atoms with E-state index in [1.165, 1.54) is 12.1 Å². The van der Waals surface area contributed by atoms with Gasteiger partial charge in [-0.05, 0) is 30.2 Å². The lowest BCUT2D eigenvalue weighted by molar-refractivity contribution is 0.168. The van der Waals surface area contributed by atoms with Crippen molar-refractivity contribution in [1.29, 1.82) is 0 Å². The third-order valence-corrected chi connectivity index (χ3v) is 2.44. The number of aromatic nitrogens is 2. The predicted octanol–water partition coefficient (Wildman–Crippen LogP) is 2.20. The first kappa shape index (κ1) is 11.7. The van der Waals surface area contributed by atoms with Crippen molar-refractivity contribution in [2.24, 2.45) is 0 Å². The van der Waals surface area contributed by atoms with Crippen LogP contribution in [0.4, 0.5) is 4.39 Å². The smallest absolute Gasteiger partial charge is 0.157 e. The summed E-state index contributed by atoms with van der Waals surface area (Å²) in [5.74, 6) is 0.106. The van der Waals surface area contributed by atoms with Gasteiger partial charge in [0, 0.05) is 18.8 Å². The van der Waals surface area contributed by atoms with Crippen LogP contribution in [0.15, 0.2) is 36.7 Å². The number of benzene rings is 1. The molecule has 0 aliphatic heterocycles. The van der Waals surface area contributed by atoms with Gasteiger partial charge in [0.25, 0.3) is 0 Å². The third kappa shape index (κ3) is 3.07. The number of aliphatic hydroxyl groups is 1. The molecule has 88 valence electrons. The van der Waals surface area contributed by atoms with Crippen molar-refractivity contribution in [2.45, 2.75) is 19.4 Å². The Morgan fingerprint density at radius 3 is 2.35 bits per heavy atom. The quantitative estimate of drug-likeness (QED) is 0.882. The van der Waals surface area contributed by atoms with Crippen LogP contribution in [0.1, 0.15) is 23.1 Å². The first-order valence-electron chi connectivity index (χ1n) is 5.36. The van der Waals surface area contributed by atoms with Gasteiger partial charge in [-0.15, -0.1) is 0 Å². The van der Waals surface area contributed by atoms with E-state index in [1.54, 1.807) is 24.5 Å². The van der Waals surface area contributed by atoms with Gasteiger partial charge in [0.05, 0.1) is 0 Å². The van der Waals surface area contributed by atoms with Crippen LogP contribution in [0, 0.1) is 12.7 Å². The molecule has 2 aromatic rings. The lowest BCUT2D eigenvalue weighted by Crippen LogP contribution is -2.06. The Morgan fingerprint density at radius 2 is 1.76 bits per heavy atom. The lowest BCUT2D eigenvalue weighted by Gasteiger charge is -2.09. The van der Waals surface area contributed by atoms with E-state index in [2.05, 4.69) is 9.97 Å². The summed E-state index contributed by atoms with van der Waals surface area (Å²) in [6.45, 7) is 1.89. The number of aliphatic hydroxyl groups excluding tert-OH is 1. The van der Waals surface area contributed by atoms with E-state index in [9.17, 15) is 9.50 Å². The Morgan fingerprint density at radius 1 is 1.18 bits per heavy atom. The van der Waals surface area contributed by atoms with E-state index < -0.39 is 6.10 Å². The molecule has 2 rings (SSSR count). The highest BCUT2D eigenvalue weighted by molar-refractivity contribution is 5.18. The second kappa shape index (κ2) is 5.01. The molecule has 0 bridgehead atoms. The number of halogens is 1. The van der Waals surface area contributed by atoms with Gasteiger partial charge >= 0.3 is 0 Å². The Labute approximate surface area is 99.0 Å². The Hall–Kier alpha value is -1.81. The number of aryl methyl sites for hydroxylation is 1. The second-order valence-corrected chi connectivity index (χ2v) is 3.97. The Balaban J connectivity index is 2.08. The number of rotatable bonds is 3. The first-order chi connectivity index (χ1) is 8.15. The standard InChI is InChI=1S/C13H13FN2O/c1-9-7-15-13(16-8-9)12(17)6-10-2-4-11(14)5-3-10/h2-5,7-8,12,17H,6H2,1H3. The van der Waals surface area contributed by atoms with Crippen LogP contribution in [-0.2, 0) is 6.42 Å². The SMILES string of the molecule is Cc1cnc(C(O)Cc2ccc(F)cc2)nc1. The van der Waals surface area contributed by atoms with Gasteiger partial charge in [-0.25, -0.2) is 14.4 Å². The molecule has 1 aromatic heterocycles. The molecule has 3 nitrogen and oxygen atoms in total. The normalized spacial score (nSPS) is 12.4. The van der Waals surface area contributed by atoms with Crippen molar-refractivity contribution in [1.82, 2.24) is 9.97 Å². The van der Waals surface area contributed by atoms with Crippen LogP contribution in [0.3, 0.4) is 0 Å². The molecule has 0 aliphatic carbocycles. The maximum atomic E-state index is 12.7. The maximum Gasteiger partial charge on any atom is 0.157 e. The van der Waals surface area contributed by atoms with E-state index in [0.717, 1.165) is 11.1 Å². The molecule has 0 radical (unpaired) electrons. The zero-order valence-electron chi connectivity index (χ0n) is 9.47. The van der Waals surface area contributed by atoms with E-state index in [4.69, 9.17) is 0 Å². The van der Waals surface area contributed by atoms with Crippen LogP contribution >= 0.6 is 0 Å². The minimum absolute atomic E-state index is 0.283. The summed E-state index contributed by atoms with van der Waals surface area (Å²) < 4.78 is 12.7. The molecular formula is C13H13FN2O. The zero-order valence-corrected chi connectivity index (χ0v) is 9.47. The summed E-state index contributed by atoms with van der Waals surface area (Å²) in [6, 6.07) is 6.04. The van der Waals surface area contributed by atoms with Gasteiger partial charge in [-0.2, -0.15) is 0 Å². The summed E-state index contributed by atoms with van der Waals surface area (Å²) in [7, 11) is 0. The fraction of sp³-hybridized carbons (Fsp3) is 0.231. The summed E-state index contributed by atoms with van der Waals surface area (Å²) >= 11 is 0. The van der Waals surface area contributed by atoms with Crippen molar-refractivity contribution in [3.05, 3.63) is 59.4 Å². The van der Waals surface area contributed by atoms with Gasteiger partial charge in [0.2, 0.25) is 0 Å². The summed E-state index contributed by atoms with van der Waals surface area (Å²) in [5, 5.41) is 9.92. The number of hydrogen-bond donors (Lipinski definition) is 1. The average molecular weight is 232 g/mol. The number of nitrogens with zero attached hydrogens (tertiary/aromatic N) is 2. The van der Waals surface area contributed by atoms with Gasteiger partial charge in [-0.3, -0.25) is 0 Å². The summed E-state index contributed by atoms with van der Waals surface area (Å²) in [4.78, 5) is 8.11. The van der Waals surface area contributed by atoms with Crippen molar-refractivity contribution in [3.8, 4) is 0 Å². The minimum Gasteiger partial charge on any atom is -0.385 e. The highest BCUT2D eigenvalue weighted by Crippen LogP contribution is 2.14. The molecule has 1 N–H and O–H groups in total. The fourth-order valence-corrected chi connectivity index (χ4v) is 1.51. The predicted molar refractivity (Wildman–Crippen MR) is 61.8 cm³/mol. The van der Waals surface area contributed by atoms with Gasteiger partial charge in [0.1, 0.15) is 11.9 Å². The summed E-state index contributed by atoms with van der Waals surface area (Å²) in [6.07, 6.45) is 2.94. The maximum absolute atomic E-state index is 12.7. The van der Waals surface area contributed by atoms with E-state index in [1.807, 2.05) is 6.92 Å². The molecule has 17 heavy (non-hydrogen) atoms. The first-order valence-corrected chi connectivity index (χ1v) is 5.36. The molecular weight excluding hydrogens is 219 g/mol. The fourth-order valence-electron chi connectivity index (χ4n) is 1.51. The van der Waals surface area contributed by atoms with E-state index >= 15 is 0 Å². The minimum atomic E-state index is -0.763. The van der Waals surface area contributed by atoms with Crippen molar-refractivity contribution < 1.29 is 9.50 Å². The molecule has 1 unspecified atom stereocenters. The number of hydrogen-bond acceptors (Lipinski definition) is 3. The van der Waals surface area contributed by atoms with E-state index in [0.29, 0.717) is 12.2 Å². The van der Waals surface area contributed by atoms with Crippen molar-refractivity contribution in [3.63, 3.8) is 0 Å². The molecule has 1 aromatic carbocycles. The molecule has 0 saturated heterocycles. The summed E-state index contributed by atoms with van der Waals surface area (Å²) in [5.41, 5.74) is 1.80. The zero-order chi connectivity index (χ0) is 12.3. The largest absolute Gasteiger partial charge is 0.385 e. The van der Waals surface area contributed by atoms with Crippen LogP contribution in [0.2, 0.25) is 0 Å². The highest BCUT2D eigenvalue weighted by Gasteiger charge is 2.11. The van der Waals surface area contributed by atoms with Gasteiger partial charge in [-0.1, -0.05) is 12.1 Å². The molecule has 0 aliphatic rings. The molecule has 1 heterocycles. The van der Waals surface area contributed by atoms with E-state index in [-0.39, 0.29) is 5.82 Å². The van der Waals surface area contributed by atoms with Crippen molar-refractivity contribution >= 4 is 0 Å². The lowest BCUT2D eigenvalue weighted by atomic mass is 10.1. The third-order valence-electron chi connectivity index (χ3n) is 2.44. The molecule has 0 amide bonds.